The summed E-state index contributed by atoms with van der Waals surface area (Å²) < 4.78 is 11.0. The van der Waals surface area contributed by atoms with Crippen molar-refractivity contribution in [3.8, 4) is 5.88 Å². The Labute approximate surface area is 144 Å². The highest BCUT2D eigenvalue weighted by atomic mass is 16.5. The van der Waals surface area contributed by atoms with E-state index in [1.54, 1.807) is 18.3 Å². The number of hydrogen-bond donors (Lipinski definition) is 1. The number of para-hydroxylation sites is 1. The molecule has 3 aromatic rings. The molecule has 1 atom stereocenters. The molecule has 0 radical (unpaired) electrons. The molecule has 1 aromatic carbocycles. The molecule has 3 heterocycles. The third-order valence-electron chi connectivity index (χ3n) is 4.05. The zero-order valence-electron chi connectivity index (χ0n) is 13.5. The van der Waals surface area contributed by atoms with Gasteiger partial charge in [0, 0.05) is 30.3 Å². The molecular formula is C19H17N3O3. The number of rotatable bonds is 4. The van der Waals surface area contributed by atoms with Crippen LogP contribution in [0.1, 0.15) is 16.8 Å². The van der Waals surface area contributed by atoms with Crippen LogP contribution in [0.4, 0.5) is 5.69 Å². The van der Waals surface area contributed by atoms with E-state index in [0.29, 0.717) is 30.3 Å². The molecule has 0 spiro atoms. The van der Waals surface area contributed by atoms with Crippen molar-refractivity contribution in [3.05, 3.63) is 60.4 Å². The van der Waals surface area contributed by atoms with Gasteiger partial charge in [-0.2, -0.15) is 0 Å². The lowest BCUT2D eigenvalue weighted by Crippen LogP contribution is -2.17. The maximum Gasteiger partial charge on any atom is 0.257 e. The summed E-state index contributed by atoms with van der Waals surface area (Å²) in [6.45, 7) is 1.29. The summed E-state index contributed by atoms with van der Waals surface area (Å²) in [5.74, 6) is 0.264. The van der Waals surface area contributed by atoms with E-state index in [4.69, 9.17) is 9.47 Å². The van der Waals surface area contributed by atoms with Gasteiger partial charge < -0.3 is 14.8 Å². The van der Waals surface area contributed by atoms with Crippen LogP contribution in [0.15, 0.2) is 54.9 Å². The molecule has 6 nitrogen and oxygen atoms in total. The first-order chi connectivity index (χ1) is 12.3. The fraction of sp³-hybridized carbons (Fsp3) is 0.211. The van der Waals surface area contributed by atoms with E-state index in [1.807, 2.05) is 30.3 Å². The molecule has 6 heteroatoms. The zero-order valence-corrected chi connectivity index (χ0v) is 13.5. The largest absolute Gasteiger partial charge is 0.472 e. The predicted molar refractivity (Wildman–Crippen MR) is 93.8 cm³/mol. The summed E-state index contributed by atoms with van der Waals surface area (Å²) >= 11 is 0. The minimum absolute atomic E-state index is 0.0361. The van der Waals surface area contributed by atoms with Crippen LogP contribution in [0.3, 0.4) is 0 Å². The summed E-state index contributed by atoms with van der Waals surface area (Å²) in [4.78, 5) is 21.0. The van der Waals surface area contributed by atoms with Crippen LogP contribution in [0.25, 0.3) is 10.9 Å². The Hall–Kier alpha value is -2.99. The molecule has 1 aliphatic rings. The zero-order chi connectivity index (χ0) is 17.1. The van der Waals surface area contributed by atoms with Crippen LogP contribution < -0.4 is 10.1 Å². The first-order valence-corrected chi connectivity index (χ1v) is 8.15. The molecule has 0 bridgehead atoms. The topological polar surface area (TPSA) is 73.3 Å². The van der Waals surface area contributed by atoms with Crippen molar-refractivity contribution >= 4 is 22.5 Å². The quantitative estimate of drug-likeness (QED) is 0.793. The molecule has 4 rings (SSSR count). The van der Waals surface area contributed by atoms with Crippen LogP contribution in [-0.4, -0.2) is 35.2 Å². The number of fused-ring (bicyclic) bond motifs is 1. The molecule has 1 fully saturated rings. The smallest absolute Gasteiger partial charge is 0.257 e. The monoisotopic (exact) mass is 335 g/mol. The number of anilines is 1. The molecule has 25 heavy (non-hydrogen) atoms. The lowest BCUT2D eigenvalue weighted by atomic mass is 10.2. The second-order valence-corrected chi connectivity index (χ2v) is 5.82. The number of nitrogens with zero attached hydrogens (tertiary/aromatic N) is 2. The van der Waals surface area contributed by atoms with E-state index in [-0.39, 0.29) is 12.0 Å². The Kier molecular flexibility index (Phi) is 4.26. The standard InChI is InChI=1S/C19H17N3O3/c23-19(22-16-5-1-3-13-4-2-9-20-18(13)16)14-6-7-17(21-11-14)25-15-8-10-24-12-15/h1-7,9,11,15H,8,10,12H2,(H,22,23). The fourth-order valence-electron chi connectivity index (χ4n) is 2.76. The molecule has 126 valence electrons. The van der Waals surface area contributed by atoms with Crippen LogP contribution in [0.2, 0.25) is 0 Å². The Morgan fingerprint density at radius 1 is 1.16 bits per heavy atom. The van der Waals surface area contributed by atoms with Crippen molar-refractivity contribution in [1.29, 1.82) is 0 Å². The Morgan fingerprint density at radius 2 is 2.08 bits per heavy atom. The number of benzene rings is 1. The van der Waals surface area contributed by atoms with Gasteiger partial charge in [0.25, 0.3) is 5.91 Å². The molecule has 1 aliphatic heterocycles. The van der Waals surface area contributed by atoms with Crippen LogP contribution in [-0.2, 0) is 4.74 Å². The summed E-state index contributed by atoms with van der Waals surface area (Å²) in [6, 6.07) is 12.9. The Morgan fingerprint density at radius 3 is 2.88 bits per heavy atom. The Balaban J connectivity index is 1.48. The molecular weight excluding hydrogens is 318 g/mol. The Bertz CT molecular complexity index is 885. The van der Waals surface area contributed by atoms with Gasteiger partial charge in [0.15, 0.2) is 0 Å². The minimum Gasteiger partial charge on any atom is -0.472 e. The summed E-state index contributed by atoms with van der Waals surface area (Å²) in [5.41, 5.74) is 1.89. The summed E-state index contributed by atoms with van der Waals surface area (Å²) in [6.07, 6.45) is 4.11. The van der Waals surface area contributed by atoms with Crippen molar-refractivity contribution in [1.82, 2.24) is 9.97 Å². The van der Waals surface area contributed by atoms with Crippen molar-refractivity contribution < 1.29 is 14.3 Å². The van der Waals surface area contributed by atoms with Crippen molar-refractivity contribution in [2.45, 2.75) is 12.5 Å². The molecule has 1 saturated heterocycles. The third kappa shape index (κ3) is 3.44. The fourth-order valence-corrected chi connectivity index (χ4v) is 2.76. The van der Waals surface area contributed by atoms with E-state index in [1.165, 1.54) is 6.20 Å². The number of amides is 1. The lowest BCUT2D eigenvalue weighted by molar-refractivity contribution is 0.102. The summed E-state index contributed by atoms with van der Waals surface area (Å²) in [5, 5.41) is 3.86. The van der Waals surface area contributed by atoms with Gasteiger partial charge in [-0.1, -0.05) is 18.2 Å². The average molecular weight is 335 g/mol. The van der Waals surface area contributed by atoms with Crippen molar-refractivity contribution in [2.24, 2.45) is 0 Å². The number of aromatic nitrogens is 2. The van der Waals surface area contributed by atoms with Crippen LogP contribution >= 0.6 is 0 Å². The van der Waals surface area contributed by atoms with Gasteiger partial charge in [0.05, 0.1) is 30.0 Å². The molecule has 1 unspecified atom stereocenters. The van der Waals surface area contributed by atoms with Crippen LogP contribution in [0, 0.1) is 0 Å². The maximum absolute atomic E-state index is 12.5. The molecule has 0 aliphatic carbocycles. The normalized spacial score (nSPS) is 16.7. The number of hydrogen-bond acceptors (Lipinski definition) is 5. The highest BCUT2D eigenvalue weighted by Gasteiger charge is 2.18. The van der Waals surface area contributed by atoms with Gasteiger partial charge in [0.2, 0.25) is 5.88 Å². The number of ether oxygens (including phenoxy) is 2. The van der Waals surface area contributed by atoms with E-state index in [9.17, 15) is 4.79 Å². The SMILES string of the molecule is O=C(Nc1cccc2cccnc12)c1ccc(OC2CCOC2)nc1. The predicted octanol–water partition coefficient (Wildman–Crippen LogP) is 3.05. The second kappa shape index (κ2) is 6.86. The van der Waals surface area contributed by atoms with Gasteiger partial charge in [-0.15, -0.1) is 0 Å². The van der Waals surface area contributed by atoms with E-state index in [0.717, 1.165) is 17.3 Å². The van der Waals surface area contributed by atoms with Gasteiger partial charge in [0.1, 0.15) is 6.10 Å². The van der Waals surface area contributed by atoms with Crippen molar-refractivity contribution in [3.63, 3.8) is 0 Å². The molecule has 2 aromatic heterocycles. The van der Waals surface area contributed by atoms with Gasteiger partial charge in [-0.05, 0) is 18.2 Å². The van der Waals surface area contributed by atoms with E-state index in [2.05, 4.69) is 15.3 Å². The first kappa shape index (κ1) is 15.5. The highest BCUT2D eigenvalue weighted by molar-refractivity contribution is 6.08. The molecule has 1 N–H and O–H groups in total. The van der Waals surface area contributed by atoms with Crippen LogP contribution in [0.5, 0.6) is 5.88 Å². The van der Waals surface area contributed by atoms with Gasteiger partial charge >= 0.3 is 0 Å². The number of nitrogens with one attached hydrogen (secondary N) is 1. The molecule has 1 amide bonds. The number of carbonyl (C=O) groups is 1. The number of carbonyl (C=O) groups excluding carboxylic acids is 1. The second-order valence-electron chi connectivity index (χ2n) is 5.82. The third-order valence-corrected chi connectivity index (χ3v) is 4.05. The van der Waals surface area contributed by atoms with E-state index < -0.39 is 0 Å². The summed E-state index contributed by atoms with van der Waals surface area (Å²) in [7, 11) is 0. The van der Waals surface area contributed by atoms with E-state index >= 15 is 0 Å². The average Bonchev–Trinajstić information content (AvgIpc) is 3.16. The van der Waals surface area contributed by atoms with Gasteiger partial charge in [-0.25, -0.2) is 4.98 Å². The van der Waals surface area contributed by atoms with Crippen molar-refractivity contribution in [2.75, 3.05) is 18.5 Å². The highest BCUT2D eigenvalue weighted by Crippen LogP contribution is 2.21. The minimum atomic E-state index is -0.235. The van der Waals surface area contributed by atoms with Gasteiger partial charge in [-0.3, -0.25) is 9.78 Å². The molecule has 0 saturated carbocycles. The first-order valence-electron chi connectivity index (χ1n) is 8.15. The lowest BCUT2D eigenvalue weighted by Gasteiger charge is -2.11. The maximum atomic E-state index is 12.5. The number of pyridine rings is 2.